The van der Waals surface area contributed by atoms with E-state index in [0.29, 0.717) is 11.4 Å². The van der Waals surface area contributed by atoms with Crippen molar-refractivity contribution < 1.29 is 13.5 Å². The second-order valence-corrected chi connectivity index (χ2v) is 3.78. The number of rotatable bonds is 6. The third-order valence-electron chi connectivity index (χ3n) is 2.30. The van der Waals surface area contributed by atoms with Crippen LogP contribution in [0.3, 0.4) is 0 Å². The number of tetrazole rings is 1. The quantitative estimate of drug-likeness (QED) is 0.788. The van der Waals surface area contributed by atoms with Gasteiger partial charge in [0.25, 0.3) is 6.43 Å². The van der Waals surface area contributed by atoms with Gasteiger partial charge in [-0.1, -0.05) is 6.07 Å². The van der Waals surface area contributed by atoms with Gasteiger partial charge < -0.3 is 10.1 Å². The van der Waals surface area contributed by atoms with Gasteiger partial charge in [-0.25, -0.2) is 8.78 Å². The molecular weight excluding hydrogens is 282 g/mol. The standard InChI is InChI=1S/C12H10F2N6O/c13-11(14)7-21-10-3-1-2-9(4-10)16-6-8(5-15)12-17-19-20-18-12/h1-4,6,11,16H,7H2,(H,17,18,19,20). The number of hydrogen-bond acceptors (Lipinski definition) is 6. The Labute approximate surface area is 118 Å². The highest BCUT2D eigenvalue weighted by atomic mass is 19.3. The lowest BCUT2D eigenvalue weighted by Crippen LogP contribution is -2.06. The third-order valence-corrected chi connectivity index (χ3v) is 2.30. The normalized spacial score (nSPS) is 11.2. The van der Waals surface area contributed by atoms with E-state index in [2.05, 4.69) is 25.9 Å². The lowest BCUT2D eigenvalue weighted by molar-refractivity contribution is 0.0819. The summed E-state index contributed by atoms with van der Waals surface area (Å²) in [5.41, 5.74) is 0.737. The van der Waals surface area contributed by atoms with Crippen LogP contribution in [0, 0.1) is 11.3 Å². The van der Waals surface area contributed by atoms with E-state index < -0.39 is 13.0 Å². The smallest absolute Gasteiger partial charge is 0.272 e. The van der Waals surface area contributed by atoms with Gasteiger partial charge >= 0.3 is 0 Å². The fraction of sp³-hybridized carbons (Fsp3) is 0.167. The highest BCUT2D eigenvalue weighted by molar-refractivity contribution is 5.74. The van der Waals surface area contributed by atoms with E-state index in [1.165, 1.54) is 12.3 Å². The van der Waals surface area contributed by atoms with E-state index in [-0.39, 0.29) is 11.4 Å². The summed E-state index contributed by atoms with van der Waals surface area (Å²) in [5.74, 6) is 0.446. The van der Waals surface area contributed by atoms with Gasteiger partial charge in [-0.2, -0.15) is 10.5 Å². The number of hydrogen-bond donors (Lipinski definition) is 2. The SMILES string of the molecule is N#CC(=CNc1cccc(OCC(F)F)c1)c1nn[nH]n1. The van der Waals surface area contributed by atoms with E-state index in [1.807, 2.05) is 6.07 Å². The van der Waals surface area contributed by atoms with Crippen LogP contribution in [-0.4, -0.2) is 33.7 Å². The highest BCUT2D eigenvalue weighted by Gasteiger charge is 2.06. The van der Waals surface area contributed by atoms with Crippen LogP contribution < -0.4 is 10.1 Å². The number of H-pyrrole nitrogens is 1. The Kier molecular flexibility index (Phi) is 4.76. The van der Waals surface area contributed by atoms with Crippen LogP contribution in [0.1, 0.15) is 5.82 Å². The zero-order valence-electron chi connectivity index (χ0n) is 10.6. The molecule has 1 heterocycles. The van der Waals surface area contributed by atoms with Crippen molar-refractivity contribution in [3.63, 3.8) is 0 Å². The number of nitrogens with zero attached hydrogens (tertiary/aromatic N) is 4. The summed E-state index contributed by atoms with van der Waals surface area (Å²) >= 11 is 0. The topological polar surface area (TPSA) is 99.5 Å². The molecule has 0 aliphatic heterocycles. The van der Waals surface area contributed by atoms with E-state index in [4.69, 9.17) is 10.00 Å². The highest BCUT2D eigenvalue weighted by Crippen LogP contribution is 2.18. The van der Waals surface area contributed by atoms with Crippen molar-refractivity contribution >= 4 is 11.3 Å². The predicted molar refractivity (Wildman–Crippen MR) is 69.3 cm³/mol. The molecule has 0 aliphatic carbocycles. The molecule has 7 nitrogen and oxygen atoms in total. The minimum Gasteiger partial charge on any atom is -0.488 e. The summed E-state index contributed by atoms with van der Waals surface area (Å²) in [6, 6.07) is 8.33. The average molecular weight is 292 g/mol. The first-order chi connectivity index (χ1) is 10.2. The minimum absolute atomic E-state index is 0.148. The Balaban J connectivity index is 2.06. The van der Waals surface area contributed by atoms with Crippen molar-refractivity contribution in [3.05, 3.63) is 36.3 Å². The number of alkyl halides is 2. The Bertz CT molecular complexity index is 650. The molecule has 108 valence electrons. The van der Waals surface area contributed by atoms with Crippen molar-refractivity contribution in [1.82, 2.24) is 20.6 Å². The van der Waals surface area contributed by atoms with Gasteiger partial charge in [0, 0.05) is 18.0 Å². The molecule has 1 aromatic carbocycles. The van der Waals surface area contributed by atoms with Crippen molar-refractivity contribution in [2.75, 3.05) is 11.9 Å². The van der Waals surface area contributed by atoms with Crippen LogP contribution in [0.15, 0.2) is 30.5 Å². The molecule has 1 aromatic heterocycles. The van der Waals surface area contributed by atoms with Crippen LogP contribution in [0.4, 0.5) is 14.5 Å². The van der Waals surface area contributed by atoms with Gasteiger partial charge in [0.1, 0.15) is 24.0 Å². The zero-order chi connectivity index (χ0) is 15.1. The molecular formula is C12H10F2N6O. The third kappa shape index (κ3) is 4.24. The van der Waals surface area contributed by atoms with Gasteiger partial charge in [-0.05, 0) is 17.3 Å². The van der Waals surface area contributed by atoms with Gasteiger partial charge in [0.2, 0.25) is 5.82 Å². The molecule has 21 heavy (non-hydrogen) atoms. The molecule has 0 saturated heterocycles. The maximum Gasteiger partial charge on any atom is 0.272 e. The van der Waals surface area contributed by atoms with Crippen LogP contribution >= 0.6 is 0 Å². The molecule has 0 fully saturated rings. The number of benzene rings is 1. The molecule has 0 amide bonds. The molecule has 9 heteroatoms. The molecule has 0 aliphatic rings. The summed E-state index contributed by atoms with van der Waals surface area (Å²) in [6.07, 6.45) is -1.15. The number of nitrogens with one attached hydrogen (secondary N) is 2. The summed E-state index contributed by atoms with van der Waals surface area (Å²) in [6.45, 7) is -0.675. The van der Waals surface area contributed by atoms with Crippen LogP contribution in [0.5, 0.6) is 5.75 Å². The largest absolute Gasteiger partial charge is 0.488 e. The average Bonchev–Trinajstić information content (AvgIpc) is 3.00. The van der Waals surface area contributed by atoms with Crippen molar-refractivity contribution in [2.24, 2.45) is 0 Å². The molecule has 0 radical (unpaired) electrons. The lowest BCUT2D eigenvalue weighted by Gasteiger charge is -2.07. The maximum atomic E-state index is 12.1. The molecule has 0 atom stereocenters. The molecule has 0 saturated carbocycles. The van der Waals surface area contributed by atoms with E-state index in [9.17, 15) is 8.78 Å². The van der Waals surface area contributed by atoms with E-state index in [1.54, 1.807) is 18.2 Å². The molecule has 0 bridgehead atoms. The molecule has 0 unspecified atom stereocenters. The minimum atomic E-state index is -2.54. The first-order valence-electron chi connectivity index (χ1n) is 5.80. The van der Waals surface area contributed by atoms with Crippen molar-refractivity contribution in [2.45, 2.75) is 6.43 Å². The number of halogens is 2. The Hall–Kier alpha value is -3.02. The predicted octanol–water partition coefficient (Wildman–Crippen LogP) is 1.82. The van der Waals surface area contributed by atoms with E-state index in [0.717, 1.165) is 0 Å². The van der Waals surface area contributed by atoms with Crippen LogP contribution in [-0.2, 0) is 0 Å². The Morgan fingerprint density at radius 1 is 1.52 bits per heavy atom. The number of nitriles is 1. The number of aromatic nitrogens is 4. The molecule has 0 spiro atoms. The number of aromatic amines is 1. The summed E-state index contributed by atoms with van der Waals surface area (Å²) in [4.78, 5) is 0. The molecule has 2 aromatic rings. The van der Waals surface area contributed by atoms with Gasteiger partial charge in [0.05, 0.1) is 0 Å². The monoisotopic (exact) mass is 292 g/mol. The Morgan fingerprint density at radius 3 is 3.05 bits per heavy atom. The lowest BCUT2D eigenvalue weighted by atomic mass is 10.2. The van der Waals surface area contributed by atoms with Crippen LogP contribution in [0.2, 0.25) is 0 Å². The first-order valence-corrected chi connectivity index (χ1v) is 5.80. The Morgan fingerprint density at radius 2 is 2.38 bits per heavy atom. The maximum absolute atomic E-state index is 12.1. The number of allylic oxidation sites excluding steroid dienone is 1. The first kappa shape index (κ1) is 14.4. The van der Waals surface area contributed by atoms with Crippen LogP contribution in [0.25, 0.3) is 5.57 Å². The number of ether oxygens (including phenoxy) is 1. The van der Waals surface area contributed by atoms with Gasteiger partial charge in [-0.15, -0.1) is 10.2 Å². The fourth-order valence-electron chi connectivity index (χ4n) is 1.41. The van der Waals surface area contributed by atoms with E-state index >= 15 is 0 Å². The second kappa shape index (κ2) is 6.95. The molecule has 2 rings (SSSR count). The summed E-state index contributed by atoms with van der Waals surface area (Å²) in [5, 5.41) is 24.8. The zero-order valence-corrected chi connectivity index (χ0v) is 10.6. The molecule has 2 N–H and O–H groups in total. The number of anilines is 1. The second-order valence-electron chi connectivity index (χ2n) is 3.78. The summed E-state index contributed by atoms with van der Waals surface area (Å²) < 4.78 is 29.0. The van der Waals surface area contributed by atoms with Crippen molar-refractivity contribution in [1.29, 1.82) is 5.26 Å². The van der Waals surface area contributed by atoms with Gasteiger partial charge in [0.15, 0.2) is 0 Å². The summed E-state index contributed by atoms with van der Waals surface area (Å²) in [7, 11) is 0. The van der Waals surface area contributed by atoms with Crippen molar-refractivity contribution in [3.8, 4) is 11.8 Å². The van der Waals surface area contributed by atoms with Gasteiger partial charge in [-0.3, -0.25) is 0 Å². The fourth-order valence-corrected chi connectivity index (χ4v) is 1.41.